The molecule has 0 radical (unpaired) electrons. The van der Waals surface area contributed by atoms with Gasteiger partial charge < -0.3 is 10.1 Å². The molecule has 1 aliphatic heterocycles. The van der Waals surface area contributed by atoms with Gasteiger partial charge in [-0.2, -0.15) is 0 Å². The van der Waals surface area contributed by atoms with E-state index in [1.807, 2.05) is 6.92 Å². The second-order valence-electron chi connectivity index (χ2n) is 6.57. The van der Waals surface area contributed by atoms with Crippen molar-refractivity contribution in [2.75, 3.05) is 22.4 Å². The van der Waals surface area contributed by atoms with Gasteiger partial charge in [0.1, 0.15) is 5.75 Å². The highest BCUT2D eigenvalue weighted by atomic mass is 32.2. The SMILES string of the molecule is Cc1ccc2c(c1)N(S(C)(=O)=O)C[C@@H](C(=O)Nc1cccc([N+](=O)[O-])c1C)O2. The van der Waals surface area contributed by atoms with Crippen molar-refractivity contribution in [2.24, 2.45) is 0 Å². The molecule has 28 heavy (non-hydrogen) atoms. The van der Waals surface area contributed by atoms with Crippen LogP contribution in [0.15, 0.2) is 36.4 Å². The van der Waals surface area contributed by atoms with Crippen molar-refractivity contribution in [1.29, 1.82) is 0 Å². The lowest BCUT2D eigenvalue weighted by atomic mass is 10.1. The summed E-state index contributed by atoms with van der Waals surface area (Å²) in [5, 5.41) is 13.7. The van der Waals surface area contributed by atoms with E-state index in [1.165, 1.54) is 25.1 Å². The number of carbonyl (C=O) groups is 1. The van der Waals surface area contributed by atoms with Crippen LogP contribution < -0.4 is 14.4 Å². The molecule has 0 bridgehead atoms. The zero-order valence-electron chi connectivity index (χ0n) is 15.5. The molecule has 0 spiro atoms. The maximum Gasteiger partial charge on any atom is 0.274 e. The Balaban J connectivity index is 1.91. The fraction of sp³-hybridized carbons (Fsp3) is 0.278. The Morgan fingerprint density at radius 1 is 1.29 bits per heavy atom. The van der Waals surface area contributed by atoms with Gasteiger partial charge >= 0.3 is 0 Å². The van der Waals surface area contributed by atoms with Crippen LogP contribution in [0.2, 0.25) is 0 Å². The summed E-state index contributed by atoms with van der Waals surface area (Å²) in [5.74, 6) is -0.318. The predicted molar refractivity (Wildman–Crippen MR) is 104 cm³/mol. The highest BCUT2D eigenvalue weighted by molar-refractivity contribution is 7.92. The van der Waals surface area contributed by atoms with Gasteiger partial charge in [-0.3, -0.25) is 19.2 Å². The number of hydrogen-bond donors (Lipinski definition) is 1. The molecule has 2 aromatic carbocycles. The Morgan fingerprint density at radius 2 is 2.00 bits per heavy atom. The predicted octanol–water partition coefficient (Wildman–Crippen LogP) is 2.38. The number of sulfonamides is 1. The first-order valence-electron chi connectivity index (χ1n) is 8.38. The van der Waals surface area contributed by atoms with Crippen molar-refractivity contribution in [3.8, 4) is 5.75 Å². The first-order valence-corrected chi connectivity index (χ1v) is 10.2. The van der Waals surface area contributed by atoms with Gasteiger partial charge in [0.25, 0.3) is 11.6 Å². The van der Waals surface area contributed by atoms with E-state index in [2.05, 4.69) is 5.32 Å². The van der Waals surface area contributed by atoms with Crippen molar-refractivity contribution in [3.05, 3.63) is 57.6 Å². The largest absolute Gasteiger partial charge is 0.476 e. The number of anilines is 2. The second-order valence-corrected chi connectivity index (χ2v) is 8.47. The molecule has 0 aliphatic carbocycles. The molecule has 1 N–H and O–H groups in total. The quantitative estimate of drug-likeness (QED) is 0.616. The minimum absolute atomic E-state index is 0.124. The third kappa shape index (κ3) is 3.77. The molecule has 1 heterocycles. The smallest absolute Gasteiger partial charge is 0.274 e. The summed E-state index contributed by atoms with van der Waals surface area (Å²) in [4.78, 5) is 23.3. The Hall–Kier alpha value is -3.14. The zero-order valence-corrected chi connectivity index (χ0v) is 16.3. The molecular formula is C18H19N3O6S. The maximum absolute atomic E-state index is 12.7. The molecule has 0 unspecified atom stereocenters. The van der Waals surface area contributed by atoms with E-state index in [1.54, 1.807) is 18.2 Å². The monoisotopic (exact) mass is 405 g/mol. The van der Waals surface area contributed by atoms with E-state index >= 15 is 0 Å². The van der Waals surface area contributed by atoms with Gasteiger partial charge in [0.2, 0.25) is 10.0 Å². The summed E-state index contributed by atoms with van der Waals surface area (Å²) >= 11 is 0. The van der Waals surface area contributed by atoms with Crippen LogP contribution in [-0.2, 0) is 14.8 Å². The average Bonchev–Trinajstić information content (AvgIpc) is 2.61. The van der Waals surface area contributed by atoms with E-state index in [4.69, 9.17) is 4.74 Å². The highest BCUT2D eigenvalue weighted by Gasteiger charge is 2.35. The molecule has 1 atom stereocenters. The second kappa shape index (κ2) is 7.12. The zero-order chi connectivity index (χ0) is 20.6. The summed E-state index contributed by atoms with van der Waals surface area (Å²) in [6, 6.07) is 9.38. The summed E-state index contributed by atoms with van der Waals surface area (Å²) in [6.45, 7) is 3.15. The lowest BCUT2D eigenvalue weighted by Gasteiger charge is -2.34. The number of carbonyl (C=O) groups excluding carboxylic acids is 1. The average molecular weight is 405 g/mol. The van der Waals surface area contributed by atoms with Crippen LogP contribution in [0.3, 0.4) is 0 Å². The summed E-state index contributed by atoms with van der Waals surface area (Å²) < 4.78 is 31.3. The minimum Gasteiger partial charge on any atom is -0.476 e. The number of ether oxygens (including phenoxy) is 1. The van der Waals surface area contributed by atoms with Crippen LogP contribution in [0.5, 0.6) is 5.75 Å². The van der Waals surface area contributed by atoms with E-state index in [0.717, 1.165) is 16.1 Å². The molecule has 0 saturated heterocycles. The number of aryl methyl sites for hydroxylation is 1. The number of nitro groups is 1. The highest BCUT2D eigenvalue weighted by Crippen LogP contribution is 2.36. The normalized spacial score (nSPS) is 16.1. The van der Waals surface area contributed by atoms with Crippen molar-refractivity contribution in [3.63, 3.8) is 0 Å². The number of rotatable bonds is 4. The third-order valence-electron chi connectivity index (χ3n) is 4.44. The van der Waals surface area contributed by atoms with Crippen LogP contribution in [-0.4, -0.2) is 38.2 Å². The number of nitro benzene ring substituents is 1. The molecule has 1 aliphatic rings. The molecular weight excluding hydrogens is 386 g/mol. The molecule has 3 rings (SSSR count). The Labute approximate surface area is 162 Å². The number of hydrogen-bond acceptors (Lipinski definition) is 6. The van der Waals surface area contributed by atoms with E-state index in [9.17, 15) is 23.3 Å². The van der Waals surface area contributed by atoms with Crippen molar-refractivity contribution < 1.29 is 22.9 Å². The fourth-order valence-electron chi connectivity index (χ4n) is 2.98. The van der Waals surface area contributed by atoms with Gasteiger partial charge in [-0.25, -0.2) is 8.42 Å². The molecule has 0 aromatic heterocycles. The van der Waals surface area contributed by atoms with Gasteiger partial charge in [0, 0.05) is 6.07 Å². The number of amides is 1. The van der Waals surface area contributed by atoms with Gasteiger partial charge in [-0.15, -0.1) is 0 Å². The Morgan fingerprint density at radius 3 is 2.64 bits per heavy atom. The number of benzene rings is 2. The van der Waals surface area contributed by atoms with E-state index in [-0.39, 0.29) is 23.7 Å². The van der Waals surface area contributed by atoms with Crippen LogP contribution in [0.4, 0.5) is 17.1 Å². The van der Waals surface area contributed by atoms with Crippen LogP contribution in [0.25, 0.3) is 0 Å². The number of nitrogens with one attached hydrogen (secondary N) is 1. The fourth-order valence-corrected chi connectivity index (χ4v) is 3.89. The van der Waals surface area contributed by atoms with Gasteiger partial charge in [0.05, 0.1) is 34.7 Å². The molecule has 0 saturated carbocycles. The lowest BCUT2D eigenvalue weighted by molar-refractivity contribution is -0.385. The Bertz CT molecular complexity index is 1070. The molecule has 2 aromatic rings. The lowest BCUT2D eigenvalue weighted by Crippen LogP contribution is -2.48. The topological polar surface area (TPSA) is 119 Å². The third-order valence-corrected chi connectivity index (χ3v) is 5.58. The first-order chi connectivity index (χ1) is 13.1. The molecule has 148 valence electrons. The van der Waals surface area contributed by atoms with Gasteiger partial charge in [-0.05, 0) is 37.6 Å². The van der Waals surface area contributed by atoms with Crippen molar-refractivity contribution >= 4 is 33.0 Å². The van der Waals surface area contributed by atoms with Gasteiger partial charge in [0.15, 0.2) is 6.10 Å². The van der Waals surface area contributed by atoms with Crippen LogP contribution in [0, 0.1) is 24.0 Å². The van der Waals surface area contributed by atoms with Crippen molar-refractivity contribution in [1.82, 2.24) is 0 Å². The summed E-state index contributed by atoms with van der Waals surface area (Å²) in [5.41, 5.74) is 1.67. The molecule has 9 nitrogen and oxygen atoms in total. The standard InChI is InChI=1S/C18H19N3O6S/c1-11-7-8-16-15(9-11)20(28(3,25)26)10-17(27-16)18(22)19-13-5-4-6-14(12(13)2)21(23)24/h4-9,17H,10H2,1-3H3,(H,19,22)/t17-/m0/s1. The number of nitrogens with zero attached hydrogens (tertiary/aromatic N) is 2. The number of fused-ring (bicyclic) bond motifs is 1. The summed E-state index contributed by atoms with van der Waals surface area (Å²) in [6.07, 6.45) is -0.0482. The first kappa shape index (κ1) is 19.6. The van der Waals surface area contributed by atoms with E-state index < -0.39 is 27.0 Å². The van der Waals surface area contributed by atoms with E-state index in [0.29, 0.717) is 11.3 Å². The molecule has 10 heteroatoms. The maximum atomic E-state index is 12.7. The van der Waals surface area contributed by atoms with Crippen molar-refractivity contribution in [2.45, 2.75) is 20.0 Å². The summed E-state index contributed by atoms with van der Waals surface area (Å²) in [7, 11) is -3.64. The van der Waals surface area contributed by atoms with Gasteiger partial charge in [-0.1, -0.05) is 12.1 Å². The molecule has 1 amide bonds. The van der Waals surface area contributed by atoms with Crippen LogP contribution >= 0.6 is 0 Å². The van der Waals surface area contributed by atoms with Crippen LogP contribution in [0.1, 0.15) is 11.1 Å². The Kier molecular flexibility index (Phi) is 4.99. The minimum atomic E-state index is -3.64. The molecule has 0 fully saturated rings.